The molecule has 0 aromatic rings. The summed E-state index contributed by atoms with van der Waals surface area (Å²) < 4.78 is 5.29. The molecule has 90 valence electrons. The first-order chi connectivity index (χ1) is 7.37. The first-order valence-electron chi connectivity index (χ1n) is 5.64. The predicted octanol–water partition coefficient (Wildman–Crippen LogP) is 0.838. The summed E-state index contributed by atoms with van der Waals surface area (Å²) in [6, 6.07) is 0.146. The van der Waals surface area contributed by atoms with Gasteiger partial charge in [-0.15, -0.1) is 0 Å². The molecule has 0 N–H and O–H groups in total. The van der Waals surface area contributed by atoms with Gasteiger partial charge in [-0.1, -0.05) is 0 Å². The zero-order chi connectivity index (χ0) is 11.9. The maximum Gasteiger partial charge on any atom is 0.411 e. The largest absolute Gasteiger partial charge is 0.444 e. The summed E-state index contributed by atoms with van der Waals surface area (Å²) in [6.07, 6.45) is 0.498. The number of carbonyl (C=O) groups excluding carboxylic acids is 2. The molecule has 2 amide bonds. The van der Waals surface area contributed by atoms with Crippen molar-refractivity contribution in [3.05, 3.63) is 0 Å². The fourth-order valence-electron chi connectivity index (χ4n) is 2.13. The van der Waals surface area contributed by atoms with E-state index < -0.39 is 5.60 Å². The van der Waals surface area contributed by atoms with E-state index in [1.807, 2.05) is 25.7 Å². The number of carbonyl (C=O) groups is 2. The Morgan fingerprint density at radius 2 is 2.12 bits per heavy atom. The first-order valence-corrected chi connectivity index (χ1v) is 5.64. The van der Waals surface area contributed by atoms with Gasteiger partial charge in [-0.3, -0.25) is 9.69 Å². The molecule has 0 radical (unpaired) electrons. The molecule has 1 atom stereocenters. The Hall–Kier alpha value is -1.26. The van der Waals surface area contributed by atoms with Crippen LogP contribution < -0.4 is 0 Å². The van der Waals surface area contributed by atoms with E-state index in [9.17, 15) is 9.59 Å². The molecule has 2 bridgehead atoms. The second-order valence-corrected chi connectivity index (χ2v) is 5.39. The van der Waals surface area contributed by atoms with Crippen LogP contribution in [0.25, 0.3) is 0 Å². The van der Waals surface area contributed by atoms with Gasteiger partial charge in [0.1, 0.15) is 12.1 Å². The van der Waals surface area contributed by atoms with E-state index in [2.05, 4.69) is 0 Å². The lowest BCUT2D eigenvalue weighted by Crippen LogP contribution is -2.53. The van der Waals surface area contributed by atoms with Gasteiger partial charge in [-0.25, -0.2) is 4.79 Å². The minimum absolute atomic E-state index is 0.0274. The van der Waals surface area contributed by atoms with Gasteiger partial charge in [0, 0.05) is 13.1 Å². The van der Waals surface area contributed by atoms with E-state index in [1.54, 1.807) is 4.90 Å². The Bertz CT molecular complexity index is 322. The van der Waals surface area contributed by atoms with Crippen LogP contribution in [-0.4, -0.2) is 53.1 Å². The molecular formula is C11H18N2O3. The van der Waals surface area contributed by atoms with Crippen LogP contribution in [0.2, 0.25) is 0 Å². The van der Waals surface area contributed by atoms with Crippen molar-refractivity contribution in [2.75, 3.05) is 19.6 Å². The molecule has 5 heteroatoms. The molecule has 0 spiro atoms. The molecule has 2 aliphatic heterocycles. The van der Waals surface area contributed by atoms with Crippen LogP contribution >= 0.6 is 0 Å². The molecule has 2 aliphatic rings. The van der Waals surface area contributed by atoms with E-state index in [0.29, 0.717) is 6.54 Å². The topological polar surface area (TPSA) is 49.9 Å². The number of hydrogen-bond acceptors (Lipinski definition) is 3. The standard InChI is InChI=1S/C11H18N2O3/c1-11(2,3)16-10(15)13-7-9(14)12-5-4-8(13)6-12/h8H,4-7H2,1-3H3. The molecule has 2 heterocycles. The Morgan fingerprint density at radius 1 is 1.44 bits per heavy atom. The molecule has 0 saturated carbocycles. The number of piperazine rings is 1. The van der Waals surface area contributed by atoms with Crippen LogP contribution in [-0.2, 0) is 9.53 Å². The van der Waals surface area contributed by atoms with Crippen LogP contribution in [0, 0.1) is 0 Å². The van der Waals surface area contributed by atoms with Gasteiger partial charge < -0.3 is 9.64 Å². The highest BCUT2D eigenvalue weighted by Gasteiger charge is 2.40. The molecule has 1 unspecified atom stereocenters. The van der Waals surface area contributed by atoms with Gasteiger partial charge in [0.05, 0.1) is 6.04 Å². The van der Waals surface area contributed by atoms with E-state index in [4.69, 9.17) is 4.74 Å². The highest BCUT2D eigenvalue weighted by molar-refractivity contribution is 5.84. The van der Waals surface area contributed by atoms with Gasteiger partial charge in [0.2, 0.25) is 5.91 Å². The second-order valence-electron chi connectivity index (χ2n) is 5.39. The smallest absolute Gasteiger partial charge is 0.411 e. The minimum atomic E-state index is -0.504. The summed E-state index contributed by atoms with van der Waals surface area (Å²) in [4.78, 5) is 26.9. The van der Waals surface area contributed by atoms with Crippen LogP contribution in [0.1, 0.15) is 27.2 Å². The normalized spacial score (nSPS) is 24.9. The summed E-state index contributed by atoms with van der Waals surface area (Å²) in [6.45, 7) is 7.09. The lowest BCUT2D eigenvalue weighted by atomic mass is 10.2. The molecule has 5 nitrogen and oxygen atoms in total. The van der Waals surface area contributed by atoms with Crippen molar-refractivity contribution in [2.45, 2.75) is 38.8 Å². The van der Waals surface area contributed by atoms with Gasteiger partial charge in [0.25, 0.3) is 0 Å². The quantitative estimate of drug-likeness (QED) is 0.615. The van der Waals surface area contributed by atoms with Crippen molar-refractivity contribution in [3.8, 4) is 0 Å². The summed E-state index contributed by atoms with van der Waals surface area (Å²) in [5.41, 5.74) is -0.504. The van der Waals surface area contributed by atoms with Crippen molar-refractivity contribution in [1.82, 2.24) is 9.80 Å². The SMILES string of the molecule is CC(C)(C)OC(=O)N1CC(=O)N2CCC1C2. The van der Waals surface area contributed by atoms with Crippen molar-refractivity contribution in [1.29, 1.82) is 0 Å². The highest BCUT2D eigenvalue weighted by atomic mass is 16.6. The predicted molar refractivity (Wildman–Crippen MR) is 57.9 cm³/mol. The number of nitrogens with zero attached hydrogens (tertiary/aromatic N) is 2. The summed E-state index contributed by atoms with van der Waals surface area (Å²) >= 11 is 0. The summed E-state index contributed by atoms with van der Waals surface area (Å²) in [5.74, 6) is 0.0274. The maximum absolute atomic E-state index is 11.9. The molecule has 2 fully saturated rings. The highest BCUT2D eigenvalue weighted by Crippen LogP contribution is 2.23. The average molecular weight is 226 g/mol. The van der Waals surface area contributed by atoms with E-state index in [-0.39, 0.29) is 24.6 Å². The number of rotatable bonds is 0. The number of hydrogen-bond donors (Lipinski definition) is 0. The van der Waals surface area contributed by atoms with Gasteiger partial charge in [0.15, 0.2) is 0 Å². The average Bonchev–Trinajstić information content (AvgIpc) is 2.54. The molecule has 16 heavy (non-hydrogen) atoms. The van der Waals surface area contributed by atoms with E-state index >= 15 is 0 Å². The van der Waals surface area contributed by atoms with E-state index in [1.165, 1.54) is 0 Å². The minimum Gasteiger partial charge on any atom is -0.444 e. The third-order valence-corrected chi connectivity index (χ3v) is 2.89. The molecule has 0 aliphatic carbocycles. The van der Waals surface area contributed by atoms with Crippen LogP contribution in [0.4, 0.5) is 4.79 Å². The molecular weight excluding hydrogens is 208 g/mol. The Kier molecular flexibility index (Phi) is 2.56. The van der Waals surface area contributed by atoms with E-state index in [0.717, 1.165) is 13.0 Å². The van der Waals surface area contributed by atoms with Crippen molar-refractivity contribution < 1.29 is 14.3 Å². The lowest BCUT2D eigenvalue weighted by molar-refractivity contribution is -0.134. The molecule has 0 aromatic carbocycles. The fraction of sp³-hybridized carbons (Fsp3) is 0.818. The fourth-order valence-corrected chi connectivity index (χ4v) is 2.13. The monoisotopic (exact) mass is 226 g/mol. The Balaban J connectivity index is 2.04. The zero-order valence-electron chi connectivity index (χ0n) is 10.0. The number of amides is 2. The summed E-state index contributed by atoms with van der Waals surface area (Å²) in [5, 5.41) is 0. The number of ether oxygens (including phenoxy) is 1. The lowest BCUT2D eigenvalue weighted by Gasteiger charge is -2.34. The van der Waals surface area contributed by atoms with Crippen molar-refractivity contribution in [2.24, 2.45) is 0 Å². The third-order valence-electron chi connectivity index (χ3n) is 2.89. The Morgan fingerprint density at radius 3 is 2.75 bits per heavy atom. The summed E-state index contributed by atoms with van der Waals surface area (Å²) in [7, 11) is 0. The molecule has 2 saturated heterocycles. The van der Waals surface area contributed by atoms with Crippen molar-refractivity contribution >= 4 is 12.0 Å². The van der Waals surface area contributed by atoms with Crippen molar-refractivity contribution in [3.63, 3.8) is 0 Å². The Labute approximate surface area is 95.3 Å². The number of fused-ring (bicyclic) bond motifs is 2. The second kappa shape index (κ2) is 3.64. The molecule has 0 aromatic heterocycles. The third kappa shape index (κ3) is 2.13. The van der Waals surface area contributed by atoms with Gasteiger partial charge >= 0.3 is 6.09 Å². The van der Waals surface area contributed by atoms with Crippen LogP contribution in [0.15, 0.2) is 0 Å². The van der Waals surface area contributed by atoms with Crippen LogP contribution in [0.3, 0.4) is 0 Å². The van der Waals surface area contributed by atoms with Gasteiger partial charge in [-0.2, -0.15) is 0 Å². The first kappa shape index (κ1) is 11.2. The zero-order valence-corrected chi connectivity index (χ0v) is 10.0. The van der Waals surface area contributed by atoms with Crippen LogP contribution in [0.5, 0.6) is 0 Å². The maximum atomic E-state index is 11.9. The molecule has 2 rings (SSSR count). The van der Waals surface area contributed by atoms with Gasteiger partial charge in [-0.05, 0) is 27.2 Å².